The van der Waals surface area contributed by atoms with Crippen molar-refractivity contribution in [3.8, 4) is 5.75 Å². The first-order valence-electron chi connectivity index (χ1n) is 5.08. The summed E-state index contributed by atoms with van der Waals surface area (Å²) in [5, 5.41) is 14.0. The Bertz CT molecular complexity index is 540. The van der Waals surface area contributed by atoms with E-state index in [1.165, 1.54) is 0 Å². The molecule has 0 bridgehead atoms. The molecule has 2 N–H and O–H groups in total. The Kier molecular flexibility index (Phi) is 3.62. The first-order valence-corrected chi connectivity index (χ1v) is 5.45. The number of nitrogens with one attached hydrogen (secondary N) is 1. The third-order valence-corrected chi connectivity index (χ3v) is 2.34. The van der Waals surface area contributed by atoms with Crippen molar-refractivity contribution < 1.29 is 5.11 Å². The molecule has 0 fully saturated rings. The highest BCUT2D eigenvalue weighted by atomic mass is 35.5. The monoisotopic (exact) mass is 246 g/mol. The fourth-order valence-electron chi connectivity index (χ4n) is 1.34. The Hall–Kier alpha value is -2.00. The van der Waals surface area contributed by atoms with Gasteiger partial charge in [-0.3, -0.25) is 5.43 Å². The van der Waals surface area contributed by atoms with Crippen molar-refractivity contribution in [1.82, 2.24) is 0 Å². The molecule has 3 nitrogen and oxygen atoms in total. The molecule has 0 aliphatic rings. The van der Waals surface area contributed by atoms with E-state index in [-0.39, 0.29) is 5.75 Å². The molecule has 4 heteroatoms. The molecule has 0 radical (unpaired) electrons. The van der Waals surface area contributed by atoms with Gasteiger partial charge in [0.05, 0.1) is 11.9 Å². The summed E-state index contributed by atoms with van der Waals surface area (Å²) >= 11 is 5.84. The minimum absolute atomic E-state index is 0.219. The number of aromatic hydroxyl groups is 1. The number of anilines is 1. The lowest BCUT2D eigenvalue weighted by Crippen LogP contribution is -1.90. The summed E-state index contributed by atoms with van der Waals surface area (Å²) < 4.78 is 0. The highest BCUT2D eigenvalue weighted by molar-refractivity contribution is 6.30. The van der Waals surface area contributed by atoms with Crippen molar-refractivity contribution in [1.29, 1.82) is 0 Å². The number of benzene rings is 2. The van der Waals surface area contributed by atoms with Crippen LogP contribution in [-0.2, 0) is 0 Å². The molecular weight excluding hydrogens is 236 g/mol. The number of phenolic OH excluding ortho intramolecular Hbond substituents is 1. The van der Waals surface area contributed by atoms with Gasteiger partial charge in [-0.2, -0.15) is 5.10 Å². The molecule has 0 aliphatic heterocycles. The Morgan fingerprint density at radius 2 is 1.94 bits per heavy atom. The number of hydrazone groups is 1. The van der Waals surface area contributed by atoms with Crippen molar-refractivity contribution in [3.05, 3.63) is 59.1 Å². The average Bonchev–Trinajstić information content (AvgIpc) is 2.29. The minimum Gasteiger partial charge on any atom is -0.508 e. The standard InChI is InChI=1S/C13H11ClN2O/c14-11-4-2-5-12(8-11)16-15-9-10-3-1-6-13(17)7-10/h1-9,16-17H. The number of rotatable bonds is 3. The van der Waals surface area contributed by atoms with E-state index >= 15 is 0 Å². The van der Waals surface area contributed by atoms with Crippen molar-refractivity contribution >= 4 is 23.5 Å². The van der Waals surface area contributed by atoms with Gasteiger partial charge in [-0.25, -0.2) is 0 Å². The predicted molar refractivity (Wildman–Crippen MR) is 70.8 cm³/mol. The SMILES string of the molecule is Oc1cccc(C=NNc2cccc(Cl)c2)c1. The highest BCUT2D eigenvalue weighted by Gasteiger charge is 1.92. The van der Waals surface area contributed by atoms with Crippen LogP contribution in [0, 0.1) is 0 Å². The van der Waals surface area contributed by atoms with E-state index in [1.54, 1.807) is 36.5 Å². The number of hydrogen-bond acceptors (Lipinski definition) is 3. The molecule has 0 heterocycles. The lowest BCUT2D eigenvalue weighted by atomic mass is 10.2. The summed E-state index contributed by atoms with van der Waals surface area (Å²) in [5.74, 6) is 0.219. The second kappa shape index (κ2) is 5.37. The van der Waals surface area contributed by atoms with Crippen molar-refractivity contribution in [2.75, 3.05) is 5.43 Å². The summed E-state index contributed by atoms with van der Waals surface area (Å²) in [5.41, 5.74) is 4.49. The fraction of sp³-hybridized carbons (Fsp3) is 0. The summed E-state index contributed by atoms with van der Waals surface area (Å²) in [6, 6.07) is 14.1. The summed E-state index contributed by atoms with van der Waals surface area (Å²) in [6.45, 7) is 0. The molecule has 0 atom stereocenters. The van der Waals surface area contributed by atoms with E-state index in [0.29, 0.717) is 5.02 Å². The van der Waals surface area contributed by atoms with Gasteiger partial charge in [-0.05, 0) is 35.9 Å². The maximum Gasteiger partial charge on any atom is 0.116 e. The summed E-state index contributed by atoms with van der Waals surface area (Å²) in [7, 11) is 0. The smallest absolute Gasteiger partial charge is 0.116 e. The maximum absolute atomic E-state index is 9.27. The topological polar surface area (TPSA) is 44.6 Å². The molecule has 0 aliphatic carbocycles. The molecule has 0 saturated carbocycles. The van der Waals surface area contributed by atoms with Gasteiger partial charge in [0.15, 0.2) is 0 Å². The quantitative estimate of drug-likeness (QED) is 0.643. The van der Waals surface area contributed by atoms with Crippen LogP contribution in [0.25, 0.3) is 0 Å². The molecule has 0 saturated heterocycles. The molecule has 0 spiro atoms. The third kappa shape index (κ3) is 3.50. The Morgan fingerprint density at radius 1 is 1.12 bits per heavy atom. The van der Waals surface area contributed by atoms with Crippen LogP contribution in [0.15, 0.2) is 53.6 Å². The van der Waals surface area contributed by atoms with Crippen LogP contribution in [0.3, 0.4) is 0 Å². The number of hydrogen-bond donors (Lipinski definition) is 2. The third-order valence-electron chi connectivity index (χ3n) is 2.10. The van der Waals surface area contributed by atoms with Crippen molar-refractivity contribution in [2.24, 2.45) is 5.10 Å². The fourth-order valence-corrected chi connectivity index (χ4v) is 1.53. The van der Waals surface area contributed by atoms with E-state index in [1.807, 2.05) is 18.2 Å². The molecule has 0 unspecified atom stereocenters. The zero-order chi connectivity index (χ0) is 12.1. The van der Waals surface area contributed by atoms with Gasteiger partial charge in [0.1, 0.15) is 5.75 Å². The molecule has 86 valence electrons. The lowest BCUT2D eigenvalue weighted by Gasteiger charge is -2.00. The maximum atomic E-state index is 9.27. The molecule has 0 amide bonds. The number of halogens is 1. The van der Waals surface area contributed by atoms with Crippen LogP contribution in [0.4, 0.5) is 5.69 Å². The lowest BCUT2D eigenvalue weighted by molar-refractivity contribution is 0.475. The first kappa shape index (κ1) is 11.5. The second-order valence-electron chi connectivity index (χ2n) is 3.48. The van der Waals surface area contributed by atoms with E-state index < -0.39 is 0 Å². The summed E-state index contributed by atoms with van der Waals surface area (Å²) in [4.78, 5) is 0. The Balaban J connectivity index is 2.03. The van der Waals surface area contributed by atoms with Crippen LogP contribution in [0.2, 0.25) is 5.02 Å². The van der Waals surface area contributed by atoms with E-state index in [2.05, 4.69) is 10.5 Å². The normalized spacial score (nSPS) is 10.6. The second-order valence-corrected chi connectivity index (χ2v) is 3.91. The Morgan fingerprint density at radius 3 is 2.71 bits per heavy atom. The van der Waals surface area contributed by atoms with Crippen LogP contribution < -0.4 is 5.43 Å². The molecular formula is C13H11ClN2O. The van der Waals surface area contributed by atoms with E-state index in [9.17, 15) is 5.11 Å². The Labute approximate surface area is 104 Å². The largest absolute Gasteiger partial charge is 0.508 e. The van der Waals surface area contributed by atoms with Gasteiger partial charge in [0.25, 0.3) is 0 Å². The minimum atomic E-state index is 0.219. The highest BCUT2D eigenvalue weighted by Crippen LogP contribution is 2.14. The predicted octanol–water partition coefficient (Wildman–Crippen LogP) is 3.49. The molecule has 2 rings (SSSR count). The van der Waals surface area contributed by atoms with E-state index in [4.69, 9.17) is 11.6 Å². The van der Waals surface area contributed by atoms with Crippen LogP contribution >= 0.6 is 11.6 Å². The molecule has 2 aromatic carbocycles. The summed E-state index contributed by atoms with van der Waals surface area (Å²) in [6.07, 6.45) is 1.63. The van der Waals surface area contributed by atoms with Gasteiger partial charge >= 0.3 is 0 Å². The zero-order valence-electron chi connectivity index (χ0n) is 8.97. The van der Waals surface area contributed by atoms with Crippen LogP contribution in [0.1, 0.15) is 5.56 Å². The first-order chi connectivity index (χ1) is 8.24. The van der Waals surface area contributed by atoms with Crippen LogP contribution in [0.5, 0.6) is 5.75 Å². The number of phenols is 1. The van der Waals surface area contributed by atoms with Gasteiger partial charge in [-0.15, -0.1) is 0 Å². The van der Waals surface area contributed by atoms with Crippen molar-refractivity contribution in [3.63, 3.8) is 0 Å². The zero-order valence-corrected chi connectivity index (χ0v) is 9.72. The molecule has 17 heavy (non-hydrogen) atoms. The number of nitrogens with zero attached hydrogens (tertiary/aromatic N) is 1. The van der Waals surface area contributed by atoms with Crippen molar-refractivity contribution in [2.45, 2.75) is 0 Å². The van der Waals surface area contributed by atoms with Gasteiger partial charge in [-0.1, -0.05) is 29.8 Å². The van der Waals surface area contributed by atoms with Gasteiger partial charge < -0.3 is 5.11 Å². The molecule has 0 aromatic heterocycles. The molecule has 2 aromatic rings. The average molecular weight is 247 g/mol. The van der Waals surface area contributed by atoms with E-state index in [0.717, 1.165) is 11.3 Å². The van der Waals surface area contributed by atoms with Crippen LogP contribution in [-0.4, -0.2) is 11.3 Å². The van der Waals surface area contributed by atoms with Gasteiger partial charge in [0.2, 0.25) is 0 Å². The van der Waals surface area contributed by atoms with Gasteiger partial charge in [0, 0.05) is 5.02 Å².